The Morgan fingerprint density at radius 1 is 1.35 bits per heavy atom. The molecule has 1 amide bonds. The highest BCUT2D eigenvalue weighted by atomic mass is 32.1. The van der Waals surface area contributed by atoms with Gasteiger partial charge in [-0.3, -0.25) is 14.0 Å². The van der Waals surface area contributed by atoms with Crippen molar-refractivity contribution in [3.05, 3.63) is 40.5 Å². The van der Waals surface area contributed by atoms with Crippen LogP contribution in [0.1, 0.15) is 30.8 Å². The Morgan fingerprint density at radius 3 is 2.85 bits per heavy atom. The van der Waals surface area contributed by atoms with Gasteiger partial charge in [0.2, 0.25) is 5.91 Å². The molecular weight excluding hydrogens is 350 g/mol. The lowest BCUT2D eigenvalue weighted by Gasteiger charge is -2.14. The van der Waals surface area contributed by atoms with Gasteiger partial charge in [-0.15, -0.1) is 11.3 Å². The highest BCUT2D eigenvalue weighted by Gasteiger charge is 2.24. The smallest absolute Gasteiger partial charge is 0.309 e. The topological polar surface area (TPSA) is 74.9 Å². The Morgan fingerprint density at radius 2 is 2.15 bits per heavy atom. The van der Waals surface area contributed by atoms with Gasteiger partial charge in [0.05, 0.1) is 17.8 Å². The number of aromatic nitrogens is 2. The fourth-order valence-electron chi connectivity index (χ4n) is 3.69. The molecule has 4 rings (SSSR count). The minimum absolute atomic E-state index is 0.0133. The van der Waals surface area contributed by atoms with Crippen molar-refractivity contribution in [2.45, 2.75) is 33.1 Å². The van der Waals surface area contributed by atoms with Crippen molar-refractivity contribution in [2.24, 2.45) is 0 Å². The van der Waals surface area contributed by atoms with Gasteiger partial charge in [0, 0.05) is 35.8 Å². The third-order valence-electron chi connectivity index (χ3n) is 4.83. The first-order valence-corrected chi connectivity index (χ1v) is 9.48. The number of carbonyl (C=O) groups is 2. The molecule has 26 heavy (non-hydrogen) atoms. The lowest BCUT2D eigenvalue weighted by molar-refractivity contribution is -0.136. The Bertz CT molecular complexity index is 1030. The quantitative estimate of drug-likeness (QED) is 0.766. The van der Waals surface area contributed by atoms with Crippen molar-refractivity contribution < 1.29 is 14.7 Å². The van der Waals surface area contributed by atoms with Crippen LogP contribution in [0.25, 0.3) is 16.2 Å². The lowest BCUT2D eigenvalue weighted by atomic mass is 10.0. The molecule has 0 unspecified atom stereocenters. The summed E-state index contributed by atoms with van der Waals surface area (Å²) in [4.78, 5) is 30.3. The molecule has 0 aliphatic carbocycles. The van der Waals surface area contributed by atoms with Gasteiger partial charge < -0.3 is 10.0 Å². The summed E-state index contributed by atoms with van der Waals surface area (Å²) in [7, 11) is 0. The molecule has 2 aromatic heterocycles. The first kappa shape index (κ1) is 16.8. The van der Waals surface area contributed by atoms with E-state index in [0.717, 1.165) is 58.2 Å². The number of thiazole rings is 1. The molecule has 1 aliphatic heterocycles. The lowest BCUT2D eigenvalue weighted by Crippen LogP contribution is -2.25. The van der Waals surface area contributed by atoms with E-state index in [2.05, 4.69) is 13.0 Å². The standard InChI is InChI=1S/C19H19N3O3S/c1-3-15-18(20-19-22(15)14(10-26-19)9-17(24)25)13-4-5-16-12(8-13)6-7-21(16)11(2)23/h4-5,8,10H,3,6-7,9H2,1-2H3,(H,24,25). The highest BCUT2D eigenvalue weighted by Crippen LogP contribution is 2.35. The molecule has 7 heteroatoms. The van der Waals surface area contributed by atoms with E-state index in [9.17, 15) is 9.59 Å². The van der Waals surface area contributed by atoms with Gasteiger partial charge in [-0.25, -0.2) is 4.98 Å². The summed E-state index contributed by atoms with van der Waals surface area (Å²) in [6.07, 6.45) is 1.59. The number of rotatable bonds is 4. The number of carboxylic acid groups (broad SMARTS) is 1. The fraction of sp³-hybridized carbons (Fsp3) is 0.316. The zero-order valence-corrected chi connectivity index (χ0v) is 15.5. The van der Waals surface area contributed by atoms with Crippen molar-refractivity contribution in [2.75, 3.05) is 11.4 Å². The second-order valence-corrected chi connectivity index (χ2v) is 7.28. The fourth-order valence-corrected chi connectivity index (χ4v) is 4.60. The van der Waals surface area contributed by atoms with Crippen LogP contribution in [0.5, 0.6) is 0 Å². The number of anilines is 1. The number of benzene rings is 1. The Kier molecular flexibility index (Phi) is 4.03. The van der Waals surface area contributed by atoms with E-state index in [1.165, 1.54) is 11.3 Å². The number of hydrogen-bond donors (Lipinski definition) is 1. The van der Waals surface area contributed by atoms with Gasteiger partial charge in [-0.05, 0) is 30.5 Å². The molecule has 0 spiro atoms. The van der Waals surface area contributed by atoms with Crippen LogP contribution < -0.4 is 4.90 Å². The Labute approximate surface area is 154 Å². The zero-order valence-electron chi connectivity index (χ0n) is 14.7. The molecule has 0 atom stereocenters. The number of aryl methyl sites for hydroxylation is 1. The van der Waals surface area contributed by atoms with Crippen LogP contribution in [0, 0.1) is 0 Å². The summed E-state index contributed by atoms with van der Waals surface area (Å²) in [6.45, 7) is 4.36. The van der Waals surface area contributed by atoms with Crippen LogP contribution in [-0.4, -0.2) is 32.9 Å². The number of amides is 1. The van der Waals surface area contributed by atoms with Crippen molar-refractivity contribution in [3.8, 4) is 11.3 Å². The Balaban J connectivity index is 1.81. The molecule has 3 heterocycles. The van der Waals surface area contributed by atoms with Crippen molar-refractivity contribution in [1.29, 1.82) is 0 Å². The predicted octanol–water partition coefficient (Wildman–Crippen LogP) is 3.16. The number of aliphatic carboxylic acids is 1. The third-order valence-corrected chi connectivity index (χ3v) is 5.70. The summed E-state index contributed by atoms with van der Waals surface area (Å²) in [5, 5.41) is 11.0. The van der Waals surface area contributed by atoms with E-state index >= 15 is 0 Å². The number of carbonyl (C=O) groups excluding carboxylic acids is 1. The molecule has 0 bridgehead atoms. The van der Waals surface area contributed by atoms with E-state index in [-0.39, 0.29) is 12.3 Å². The number of hydrogen-bond acceptors (Lipinski definition) is 4. The van der Waals surface area contributed by atoms with Crippen molar-refractivity contribution in [3.63, 3.8) is 0 Å². The second kappa shape index (κ2) is 6.25. The molecule has 6 nitrogen and oxygen atoms in total. The number of carboxylic acids is 1. The van der Waals surface area contributed by atoms with Crippen LogP contribution in [0.4, 0.5) is 5.69 Å². The molecule has 0 saturated heterocycles. The summed E-state index contributed by atoms with van der Waals surface area (Å²) in [5.74, 6) is -0.782. The molecule has 3 aromatic rings. The van der Waals surface area contributed by atoms with Gasteiger partial charge in [-0.2, -0.15) is 0 Å². The number of imidazole rings is 1. The minimum Gasteiger partial charge on any atom is -0.481 e. The van der Waals surface area contributed by atoms with Crippen LogP contribution in [0.3, 0.4) is 0 Å². The molecule has 0 radical (unpaired) electrons. The average Bonchev–Trinajstić information content (AvgIpc) is 3.27. The SMILES string of the molecule is CCc1c(-c2ccc3c(c2)CCN3C(C)=O)nc2scc(CC(=O)O)n12. The van der Waals surface area contributed by atoms with Gasteiger partial charge in [0.1, 0.15) is 0 Å². The largest absolute Gasteiger partial charge is 0.481 e. The van der Waals surface area contributed by atoms with E-state index in [0.29, 0.717) is 0 Å². The first-order chi connectivity index (χ1) is 12.5. The van der Waals surface area contributed by atoms with E-state index in [4.69, 9.17) is 10.1 Å². The van der Waals surface area contributed by atoms with Gasteiger partial charge >= 0.3 is 5.97 Å². The molecule has 0 fully saturated rings. The molecule has 134 valence electrons. The molecule has 1 aliphatic rings. The first-order valence-electron chi connectivity index (χ1n) is 8.60. The monoisotopic (exact) mass is 369 g/mol. The van der Waals surface area contributed by atoms with Crippen LogP contribution in [-0.2, 0) is 28.9 Å². The van der Waals surface area contributed by atoms with Gasteiger partial charge in [0.25, 0.3) is 0 Å². The normalized spacial score (nSPS) is 13.4. The van der Waals surface area contributed by atoms with Crippen molar-refractivity contribution in [1.82, 2.24) is 9.38 Å². The van der Waals surface area contributed by atoms with Crippen LogP contribution >= 0.6 is 11.3 Å². The molecule has 0 saturated carbocycles. The summed E-state index contributed by atoms with van der Waals surface area (Å²) in [6, 6.07) is 6.10. The maximum atomic E-state index is 11.7. The van der Waals surface area contributed by atoms with Gasteiger partial charge in [0.15, 0.2) is 4.96 Å². The van der Waals surface area contributed by atoms with E-state index in [1.54, 1.807) is 11.8 Å². The third kappa shape index (κ3) is 2.59. The zero-order chi connectivity index (χ0) is 18.4. The van der Waals surface area contributed by atoms with E-state index < -0.39 is 5.97 Å². The summed E-state index contributed by atoms with van der Waals surface area (Å²) >= 11 is 1.47. The van der Waals surface area contributed by atoms with Crippen molar-refractivity contribution >= 4 is 33.9 Å². The number of nitrogens with zero attached hydrogens (tertiary/aromatic N) is 3. The summed E-state index contributed by atoms with van der Waals surface area (Å²) in [5.41, 5.74) is 5.84. The highest BCUT2D eigenvalue weighted by molar-refractivity contribution is 7.15. The van der Waals surface area contributed by atoms with Crippen LogP contribution in [0.15, 0.2) is 23.6 Å². The Hall–Kier alpha value is -2.67. The van der Waals surface area contributed by atoms with Crippen LogP contribution in [0.2, 0.25) is 0 Å². The predicted molar refractivity (Wildman–Crippen MR) is 101 cm³/mol. The van der Waals surface area contributed by atoms with Gasteiger partial charge in [-0.1, -0.05) is 13.0 Å². The number of fused-ring (bicyclic) bond motifs is 2. The molecular formula is C19H19N3O3S. The maximum absolute atomic E-state index is 11.7. The summed E-state index contributed by atoms with van der Waals surface area (Å²) < 4.78 is 1.98. The maximum Gasteiger partial charge on any atom is 0.309 e. The average molecular weight is 369 g/mol. The second-order valence-electron chi connectivity index (χ2n) is 6.44. The minimum atomic E-state index is -0.844. The molecule has 1 aromatic carbocycles. The molecule has 1 N–H and O–H groups in total. The van der Waals surface area contributed by atoms with E-state index in [1.807, 2.05) is 21.9 Å².